The third-order valence-electron chi connectivity index (χ3n) is 3.42. The fourth-order valence-corrected chi connectivity index (χ4v) is 2.36. The van der Waals surface area contributed by atoms with Crippen molar-refractivity contribution in [2.24, 2.45) is 5.92 Å². The van der Waals surface area contributed by atoms with Crippen molar-refractivity contribution in [3.05, 3.63) is 0 Å². The SMILES string of the molecule is CNC(=O)CN(C)C(=O)N1CCCC(C)C1C(=O)O. The van der Waals surface area contributed by atoms with E-state index in [1.165, 1.54) is 23.9 Å². The normalized spacial score (nSPS) is 22.8. The van der Waals surface area contributed by atoms with Crippen LogP contribution in [-0.4, -0.2) is 66.0 Å². The second kappa shape index (κ2) is 6.40. The molecule has 3 amide bonds. The molecule has 1 aliphatic rings. The van der Waals surface area contributed by atoms with Gasteiger partial charge in [-0.05, 0) is 18.8 Å². The second-order valence-electron chi connectivity index (χ2n) is 4.91. The van der Waals surface area contributed by atoms with Gasteiger partial charge in [0.1, 0.15) is 12.6 Å². The Morgan fingerprint density at radius 1 is 1.42 bits per heavy atom. The quantitative estimate of drug-likeness (QED) is 0.754. The van der Waals surface area contributed by atoms with Crippen LogP contribution < -0.4 is 5.32 Å². The Bertz CT molecular complexity index is 372. The van der Waals surface area contributed by atoms with Gasteiger partial charge in [0.05, 0.1) is 0 Å². The first-order valence-corrected chi connectivity index (χ1v) is 6.33. The highest BCUT2D eigenvalue weighted by atomic mass is 16.4. The number of hydrogen-bond donors (Lipinski definition) is 2. The molecule has 0 aromatic carbocycles. The summed E-state index contributed by atoms with van der Waals surface area (Å²) < 4.78 is 0. The van der Waals surface area contributed by atoms with Crippen molar-refractivity contribution < 1.29 is 19.5 Å². The van der Waals surface area contributed by atoms with Crippen LogP contribution in [0.3, 0.4) is 0 Å². The van der Waals surface area contributed by atoms with Gasteiger partial charge in [-0.2, -0.15) is 0 Å². The summed E-state index contributed by atoms with van der Waals surface area (Å²) in [5.74, 6) is -1.36. The second-order valence-corrected chi connectivity index (χ2v) is 4.91. The lowest BCUT2D eigenvalue weighted by Gasteiger charge is -2.39. The van der Waals surface area contributed by atoms with Crippen molar-refractivity contribution in [2.75, 3.05) is 27.2 Å². The van der Waals surface area contributed by atoms with E-state index < -0.39 is 18.0 Å². The molecule has 1 saturated heterocycles. The van der Waals surface area contributed by atoms with Crippen molar-refractivity contribution in [3.8, 4) is 0 Å². The van der Waals surface area contributed by atoms with Crippen LogP contribution in [0.2, 0.25) is 0 Å². The highest BCUT2D eigenvalue weighted by molar-refractivity contribution is 5.86. The molecule has 2 N–H and O–H groups in total. The van der Waals surface area contributed by atoms with E-state index in [1.807, 2.05) is 6.92 Å². The molecule has 19 heavy (non-hydrogen) atoms. The van der Waals surface area contributed by atoms with Gasteiger partial charge in [0.25, 0.3) is 0 Å². The average molecular weight is 271 g/mol. The molecule has 108 valence electrons. The summed E-state index contributed by atoms with van der Waals surface area (Å²) in [6.45, 7) is 2.17. The lowest BCUT2D eigenvalue weighted by molar-refractivity contribution is -0.145. The lowest BCUT2D eigenvalue weighted by Crippen LogP contribution is -2.56. The topological polar surface area (TPSA) is 90.0 Å². The summed E-state index contributed by atoms with van der Waals surface area (Å²) in [5.41, 5.74) is 0. The number of carbonyl (C=O) groups is 3. The molecule has 1 aliphatic heterocycles. The van der Waals surface area contributed by atoms with Crippen LogP contribution in [-0.2, 0) is 9.59 Å². The Hall–Kier alpha value is -1.79. The Morgan fingerprint density at radius 3 is 2.58 bits per heavy atom. The van der Waals surface area contributed by atoms with E-state index >= 15 is 0 Å². The zero-order valence-corrected chi connectivity index (χ0v) is 11.5. The zero-order chi connectivity index (χ0) is 14.6. The molecule has 2 unspecified atom stereocenters. The van der Waals surface area contributed by atoms with Crippen molar-refractivity contribution in [3.63, 3.8) is 0 Å². The summed E-state index contributed by atoms with van der Waals surface area (Å²) in [6.07, 6.45) is 1.57. The van der Waals surface area contributed by atoms with Crippen LogP contribution in [0.15, 0.2) is 0 Å². The van der Waals surface area contributed by atoms with Crippen LogP contribution in [0.25, 0.3) is 0 Å². The fourth-order valence-electron chi connectivity index (χ4n) is 2.36. The first-order chi connectivity index (χ1) is 8.88. The predicted octanol–water partition coefficient (Wildman–Crippen LogP) is -0.0307. The molecule has 1 heterocycles. The predicted molar refractivity (Wildman–Crippen MR) is 68.6 cm³/mol. The Morgan fingerprint density at radius 2 is 2.05 bits per heavy atom. The number of nitrogens with one attached hydrogen (secondary N) is 1. The van der Waals surface area contributed by atoms with Gasteiger partial charge in [0.2, 0.25) is 5.91 Å². The number of piperidine rings is 1. The molecule has 7 nitrogen and oxygen atoms in total. The number of urea groups is 1. The summed E-state index contributed by atoms with van der Waals surface area (Å²) in [7, 11) is 2.99. The minimum Gasteiger partial charge on any atom is -0.480 e. The monoisotopic (exact) mass is 271 g/mol. The summed E-state index contributed by atoms with van der Waals surface area (Å²) in [6, 6.07) is -1.23. The number of carbonyl (C=O) groups excluding carboxylic acids is 2. The minimum atomic E-state index is -0.992. The van der Waals surface area contributed by atoms with E-state index in [4.69, 9.17) is 0 Å². The summed E-state index contributed by atoms with van der Waals surface area (Å²) in [5, 5.41) is 11.7. The number of nitrogens with zero attached hydrogens (tertiary/aromatic N) is 2. The molecule has 0 aromatic rings. The maximum atomic E-state index is 12.2. The van der Waals surface area contributed by atoms with Crippen LogP contribution in [0, 0.1) is 5.92 Å². The van der Waals surface area contributed by atoms with Crippen molar-refractivity contribution in [1.82, 2.24) is 15.1 Å². The minimum absolute atomic E-state index is 0.0768. The van der Waals surface area contributed by atoms with Gasteiger partial charge in [0, 0.05) is 20.6 Å². The zero-order valence-electron chi connectivity index (χ0n) is 11.5. The molecule has 1 rings (SSSR count). The summed E-state index contributed by atoms with van der Waals surface area (Å²) >= 11 is 0. The van der Waals surface area contributed by atoms with Crippen LogP contribution >= 0.6 is 0 Å². The number of carboxylic acid groups (broad SMARTS) is 1. The smallest absolute Gasteiger partial charge is 0.326 e. The third kappa shape index (κ3) is 3.59. The lowest BCUT2D eigenvalue weighted by atomic mass is 9.91. The molecule has 2 atom stereocenters. The molecule has 0 radical (unpaired) electrons. The van der Waals surface area contributed by atoms with E-state index in [1.54, 1.807) is 0 Å². The molecule has 1 fully saturated rings. The Labute approximate surface area is 112 Å². The molecule has 0 bridgehead atoms. The number of amides is 3. The van der Waals surface area contributed by atoms with Crippen molar-refractivity contribution >= 4 is 17.9 Å². The number of hydrogen-bond acceptors (Lipinski definition) is 3. The molecular weight excluding hydrogens is 250 g/mol. The maximum Gasteiger partial charge on any atom is 0.326 e. The van der Waals surface area contributed by atoms with Gasteiger partial charge in [0.15, 0.2) is 0 Å². The van der Waals surface area contributed by atoms with E-state index in [2.05, 4.69) is 5.32 Å². The highest BCUT2D eigenvalue weighted by Gasteiger charge is 2.38. The van der Waals surface area contributed by atoms with Gasteiger partial charge in [-0.3, -0.25) is 4.79 Å². The van der Waals surface area contributed by atoms with E-state index in [0.717, 1.165) is 12.8 Å². The molecule has 0 aliphatic carbocycles. The first kappa shape index (κ1) is 15.3. The molecule has 0 spiro atoms. The number of likely N-dealkylation sites (N-methyl/N-ethyl adjacent to an activating group) is 2. The number of rotatable bonds is 3. The Balaban J connectivity index is 2.77. The molecule has 0 saturated carbocycles. The van der Waals surface area contributed by atoms with Crippen LogP contribution in [0.4, 0.5) is 4.79 Å². The average Bonchev–Trinajstić information content (AvgIpc) is 2.36. The highest BCUT2D eigenvalue weighted by Crippen LogP contribution is 2.24. The first-order valence-electron chi connectivity index (χ1n) is 6.33. The van der Waals surface area contributed by atoms with Crippen molar-refractivity contribution in [1.29, 1.82) is 0 Å². The van der Waals surface area contributed by atoms with Gasteiger partial charge in [-0.1, -0.05) is 6.92 Å². The van der Waals surface area contributed by atoms with E-state index in [9.17, 15) is 19.5 Å². The van der Waals surface area contributed by atoms with Gasteiger partial charge >= 0.3 is 12.0 Å². The van der Waals surface area contributed by atoms with Gasteiger partial charge < -0.3 is 20.2 Å². The molecular formula is C12H21N3O4. The fraction of sp³-hybridized carbons (Fsp3) is 0.750. The number of likely N-dealkylation sites (tertiary alicyclic amines) is 1. The van der Waals surface area contributed by atoms with Gasteiger partial charge in [-0.25, -0.2) is 9.59 Å². The van der Waals surface area contributed by atoms with E-state index in [-0.39, 0.29) is 18.4 Å². The summed E-state index contributed by atoms with van der Waals surface area (Å²) in [4.78, 5) is 37.3. The molecule has 7 heteroatoms. The van der Waals surface area contributed by atoms with Crippen LogP contribution in [0.5, 0.6) is 0 Å². The maximum absolute atomic E-state index is 12.2. The largest absolute Gasteiger partial charge is 0.480 e. The molecule has 0 aromatic heterocycles. The van der Waals surface area contributed by atoms with Crippen LogP contribution in [0.1, 0.15) is 19.8 Å². The number of carboxylic acids is 1. The van der Waals surface area contributed by atoms with Gasteiger partial charge in [-0.15, -0.1) is 0 Å². The van der Waals surface area contributed by atoms with Crippen molar-refractivity contribution in [2.45, 2.75) is 25.8 Å². The third-order valence-corrected chi connectivity index (χ3v) is 3.42. The standard InChI is InChI=1S/C12H21N3O4/c1-8-5-4-6-15(10(8)11(17)18)12(19)14(3)7-9(16)13-2/h8,10H,4-7H2,1-3H3,(H,13,16)(H,17,18). The number of aliphatic carboxylic acids is 1. The van der Waals surface area contributed by atoms with E-state index in [0.29, 0.717) is 6.54 Å². The Kier molecular flexibility index (Phi) is 5.14.